The van der Waals surface area contributed by atoms with Gasteiger partial charge in [-0.2, -0.15) is 9.97 Å². The number of H-pyrrole nitrogens is 1. The number of hydrogen-bond acceptors (Lipinski definition) is 6. The molecule has 6 nitrogen and oxygen atoms in total. The maximum absolute atomic E-state index is 4.41. The van der Waals surface area contributed by atoms with Crippen molar-refractivity contribution >= 4 is 34.3 Å². The molecule has 0 saturated heterocycles. The molecule has 0 saturated carbocycles. The van der Waals surface area contributed by atoms with Crippen molar-refractivity contribution in [3.8, 4) is 0 Å². The van der Waals surface area contributed by atoms with Crippen molar-refractivity contribution in [2.75, 3.05) is 24.2 Å². The summed E-state index contributed by atoms with van der Waals surface area (Å²) < 4.78 is 0. The Labute approximate surface area is 114 Å². The van der Waals surface area contributed by atoms with Crippen LogP contribution in [0, 0.1) is 0 Å². The van der Waals surface area contributed by atoms with Gasteiger partial charge in [-0.3, -0.25) is 0 Å². The lowest BCUT2D eigenvalue weighted by molar-refractivity contribution is 1.02. The average molecular weight is 274 g/mol. The van der Waals surface area contributed by atoms with Gasteiger partial charge < -0.3 is 15.6 Å². The molecule has 7 heteroatoms. The molecule has 0 amide bonds. The molecule has 3 aromatic heterocycles. The summed E-state index contributed by atoms with van der Waals surface area (Å²) in [5.74, 6) is 1.35. The van der Waals surface area contributed by atoms with Crippen molar-refractivity contribution in [2.24, 2.45) is 0 Å². The molecule has 0 aromatic carbocycles. The van der Waals surface area contributed by atoms with Gasteiger partial charge in [-0.05, 0) is 17.9 Å². The van der Waals surface area contributed by atoms with Crippen molar-refractivity contribution in [1.29, 1.82) is 0 Å². The molecule has 0 bridgehead atoms. The van der Waals surface area contributed by atoms with Crippen LogP contribution < -0.4 is 10.6 Å². The lowest BCUT2D eigenvalue weighted by atomic mass is 10.3. The quantitative estimate of drug-likeness (QED) is 0.664. The van der Waals surface area contributed by atoms with E-state index < -0.39 is 0 Å². The molecular formula is C12H14N6S. The van der Waals surface area contributed by atoms with Crippen molar-refractivity contribution in [1.82, 2.24) is 19.9 Å². The zero-order chi connectivity index (χ0) is 13.1. The Bertz CT molecular complexity index is 660. The van der Waals surface area contributed by atoms with Crippen LogP contribution in [0.4, 0.5) is 11.8 Å². The summed E-state index contributed by atoms with van der Waals surface area (Å²) >= 11 is 1.77. The highest BCUT2D eigenvalue weighted by atomic mass is 32.1. The smallest absolute Gasteiger partial charge is 0.226 e. The summed E-state index contributed by atoms with van der Waals surface area (Å²) in [7, 11) is 1.79. The Morgan fingerprint density at radius 3 is 3.11 bits per heavy atom. The van der Waals surface area contributed by atoms with Gasteiger partial charge in [0.25, 0.3) is 0 Å². The fourth-order valence-corrected chi connectivity index (χ4v) is 2.54. The third kappa shape index (κ3) is 2.50. The summed E-state index contributed by atoms with van der Waals surface area (Å²) in [6.45, 7) is 0.828. The van der Waals surface area contributed by atoms with Crippen LogP contribution in [-0.2, 0) is 6.42 Å². The van der Waals surface area contributed by atoms with Gasteiger partial charge in [-0.1, -0.05) is 6.07 Å². The number of aromatic nitrogens is 4. The summed E-state index contributed by atoms with van der Waals surface area (Å²) in [5, 5.41) is 8.36. The molecule has 0 unspecified atom stereocenters. The molecule has 3 N–H and O–H groups in total. The normalized spacial score (nSPS) is 10.8. The summed E-state index contributed by atoms with van der Waals surface area (Å²) in [5.41, 5.74) is 1.50. The molecule has 0 spiro atoms. The predicted molar refractivity (Wildman–Crippen MR) is 77.7 cm³/mol. The highest BCUT2D eigenvalue weighted by Crippen LogP contribution is 2.18. The number of imidazole rings is 1. The Morgan fingerprint density at radius 1 is 1.37 bits per heavy atom. The third-order valence-electron chi connectivity index (χ3n) is 2.75. The van der Waals surface area contributed by atoms with Gasteiger partial charge in [0.1, 0.15) is 5.52 Å². The van der Waals surface area contributed by atoms with E-state index in [1.165, 1.54) is 4.88 Å². The van der Waals surface area contributed by atoms with E-state index in [4.69, 9.17) is 0 Å². The largest absolute Gasteiger partial charge is 0.368 e. The number of rotatable bonds is 5. The Kier molecular flexibility index (Phi) is 3.28. The number of nitrogens with zero attached hydrogens (tertiary/aromatic N) is 3. The van der Waals surface area contributed by atoms with Crippen molar-refractivity contribution in [3.05, 3.63) is 28.7 Å². The predicted octanol–water partition coefficient (Wildman–Crippen LogP) is 2.11. The lowest BCUT2D eigenvalue weighted by Gasteiger charge is -2.07. The second kappa shape index (κ2) is 5.23. The first-order valence-electron chi connectivity index (χ1n) is 6.02. The van der Waals surface area contributed by atoms with Crippen LogP contribution in [0.5, 0.6) is 0 Å². The van der Waals surface area contributed by atoms with E-state index in [2.05, 4.69) is 48.1 Å². The number of fused-ring (bicyclic) bond motifs is 1. The first-order valence-corrected chi connectivity index (χ1v) is 6.90. The standard InChI is InChI=1S/C12H14N6S/c1-13-12-17-10(9-11(18-12)16-7-15-9)14-5-4-8-3-2-6-19-8/h2-3,6-7H,4-5H2,1H3,(H3,13,14,15,16,17,18). The number of hydrogen-bond donors (Lipinski definition) is 3. The molecular weight excluding hydrogens is 260 g/mol. The van der Waals surface area contributed by atoms with E-state index in [0.29, 0.717) is 11.6 Å². The number of anilines is 2. The van der Waals surface area contributed by atoms with Crippen LogP contribution in [0.2, 0.25) is 0 Å². The number of aromatic amines is 1. The second-order valence-electron chi connectivity index (χ2n) is 4.00. The van der Waals surface area contributed by atoms with E-state index in [1.54, 1.807) is 24.7 Å². The first kappa shape index (κ1) is 11.9. The minimum Gasteiger partial charge on any atom is -0.368 e. The topological polar surface area (TPSA) is 78.5 Å². The molecule has 3 rings (SSSR count). The average Bonchev–Trinajstić information content (AvgIpc) is 3.08. The van der Waals surface area contributed by atoms with Crippen LogP contribution in [0.3, 0.4) is 0 Å². The van der Waals surface area contributed by atoms with E-state index in [1.807, 2.05) is 0 Å². The lowest BCUT2D eigenvalue weighted by Crippen LogP contribution is -2.08. The van der Waals surface area contributed by atoms with Gasteiger partial charge in [0, 0.05) is 18.5 Å². The molecule has 3 heterocycles. The van der Waals surface area contributed by atoms with Gasteiger partial charge in [-0.15, -0.1) is 11.3 Å². The van der Waals surface area contributed by atoms with E-state index in [-0.39, 0.29) is 0 Å². The molecule has 3 aromatic rings. The van der Waals surface area contributed by atoms with Gasteiger partial charge in [0.2, 0.25) is 5.95 Å². The second-order valence-corrected chi connectivity index (χ2v) is 5.04. The molecule has 0 aliphatic heterocycles. The van der Waals surface area contributed by atoms with Crippen molar-refractivity contribution < 1.29 is 0 Å². The summed E-state index contributed by atoms with van der Waals surface area (Å²) in [4.78, 5) is 17.3. The summed E-state index contributed by atoms with van der Waals surface area (Å²) in [6.07, 6.45) is 2.61. The Hall–Kier alpha value is -2.15. The maximum Gasteiger partial charge on any atom is 0.226 e. The highest BCUT2D eigenvalue weighted by molar-refractivity contribution is 7.09. The Morgan fingerprint density at radius 2 is 2.32 bits per heavy atom. The Balaban J connectivity index is 1.77. The SMILES string of the molecule is CNc1nc(NCCc2cccs2)c2[nH]cnc2n1. The van der Waals surface area contributed by atoms with E-state index >= 15 is 0 Å². The third-order valence-corrected chi connectivity index (χ3v) is 3.69. The van der Waals surface area contributed by atoms with Gasteiger partial charge in [-0.25, -0.2) is 4.98 Å². The van der Waals surface area contributed by atoms with Gasteiger partial charge in [0.15, 0.2) is 11.5 Å². The van der Waals surface area contributed by atoms with E-state index in [9.17, 15) is 0 Å². The fourth-order valence-electron chi connectivity index (χ4n) is 1.83. The monoisotopic (exact) mass is 274 g/mol. The van der Waals surface area contributed by atoms with Gasteiger partial charge in [0.05, 0.1) is 6.33 Å². The highest BCUT2D eigenvalue weighted by Gasteiger charge is 2.08. The van der Waals surface area contributed by atoms with Gasteiger partial charge >= 0.3 is 0 Å². The molecule has 0 atom stereocenters. The van der Waals surface area contributed by atoms with Crippen molar-refractivity contribution in [2.45, 2.75) is 6.42 Å². The fraction of sp³-hybridized carbons (Fsp3) is 0.250. The first-order chi connectivity index (χ1) is 9.36. The van der Waals surface area contributed by atoms with E-state index in [0.717, 1.165) is 24.3 Å². The molecule has 19 heavy (non-hydrogen) atoms. The molecule has 0 radical (unpaired) electrons. The maximum atomic E-state index is 4.41. The zero-order valence-electron chi connectivity index (χ0n) is 10.5. The number of thiophene rings is 1. The van der Waals surface area contributed by atoms with Crippen LogP contribution in [0.25, 0.3) is 11.2 Å². The van der Waals surface area contributed by atoms with Crippen LogP contribution in [-0.4, -0.2) is 33.5 Å². The van der Waals surface area contributed by atoms with Crippen LogP contribution in [0.15, 0.2) is 23.8 Å². The molecule has 0 aliphatic rings. The molecule has 0 fully saturated rings. The van der Waals surface area contributed by atoms with Crippen LogP contribution in [0.1, 0.15) is 4.88 Å². The summed E-state index contributed by atoms with van der Waals surface area (Å²) in [6, 6.07) is 4.20. The van der Waals surface area contributed by atoms with Crippen LogP contribution >= 0.6 is 11.3 Å². The zero-order valence-corrected chi connectivity index (χ0v) is 11.3. The molecule has 0 aliphatic carbocycles. The molecule has 98 valence electrons. The minimum atomic E-state index is 0.568. The number of nitrogens with one attached hydrogen (secondary N) is 3. The van der Waals surface area contributed by atoms with Crippen molar-refractivity contribution in [3.63, 3.8) is 0 Å². The minimum absolute atomic E-state index is 0.568.